The number of nitrogens with two attached hydrogens (primary N) is 1. The second-order valence-electron chi connectivity index (χ2n) is 4.09. The molecule has 5 heteroatoms. The van der Waals surface area contributed by atoms with Crippen molar-refractivity contribution in [1.29, 1.82) is 0 Å². The SMILES string of the molecule is CC1CC(Nc2ccc(C(N)=O)nn2)C1. The Bertz CT molecular complexity index is 356. The number of hydrogen-bond acceptors (Lipinski definition) is 4. The molecule has 0 unspecified atom stereocenters. The first-order valence-corrected chi connectivity index (χ1v) is 5.05. The Labute approximate surface area is 88.1 Å². The van der Waals surface area contributed by atoms with Gasteiger partial charge in [0.1, 0.15) is 5.82 Å². The van der Waals surface area contributed by atoms with Gasteiger partial charge >= 0.3 is 0 Å². The number of amides is 1. The van der Waals surface area contributed by atoms with E-state index in [1.54, 1.807) is 12.1 Å². The number of carbonyl (C=O) groups is 1. The van der Waals surface area contributed by atoms with Crippen molar-refractivity contribution in [3.05, 3.63) is 17.8 Å². The molecule has 1 aliphatic rings. The first-order chi connectivity index (χ1) is 7.15. The summed E-state index contributed by atoms with van der Waals surface area (Å²) in [5.41, 5.74) is 5.26. The Balaban J connectivity index is 1.95. The quantitative estimate of drug-likeness (QED) is 0.766. The highest BCUT2D eigenvalue weighted by Crippen LogP contribution is 2.28. The van der Waals surface area contributed by atoms with Crippen LogP contribution in [0.15, 0.2) is 12.1 Å². The molecule has 0 saturated heterocycles. The minimum absolute atomic E-state index is 0.197. The molecule has 80 valence electrons. The first kappa shape index (κ1) is 9.89. The van der Waals surface area contributed by atoms with Crippen molar-refractivity contribution >= 4 is 11.7 Å². The van der Waals surface area contributed by atoms with E-state index in [2.05, 4.69) is 22.4 Å². The number of nitrogens with zero attached hydrogens (tertiary/aromatic N) is 2. The van der Waals surface area contributed by atoms with Gasteiger partial charge in [0.15, 0.2) is 5.69 Å². The normalized spacial score (nSPS) is 24.3. The van der Waals surface area contributed by atoms with Gasteiger partial charge in [-0.2, -0.15) is 0 Å². The molecule has 0 radical (unpaired) electrons. The van der Waals surface area contributed by atoms with Crippen LogP contribution < -0.4 is 11.1 Å². The molecule has 2 rings (SSSR count). The minimum Gasteiger partial charge on any atom is -0.366 e. The van der Waals surface area contributed by atoms with Crippen molar-refractivity contribution < 1.29 is 4.79 Å². The highest BCUT2D eigenvalue weighted by molar-refractivity contribution is 5.90. The van der Waals surface area contributed by atoms with Crippen LogP contribution in [-0.4, -0.2) is 22.1 Å². The predicted molar refractivity (Wildman–Crippen MR) is 56.4 cm³/mol. The van der Waals surface area contributed by atoms with E-state index in [1.807, 2.05) is 0 Å². The Morgan fingerprint density at radius 3 is 2.67 bits per heavy atom. The Kier molecular flexibility index (Phi) is 2.53. The van der Waals surface area contributed by atoms with Crippen molar-refractivity contribution in [2.45, 2.75) is 25.8 Å². The van der Waals surface area contributed by atoms with Crippen LogP contribution in [0.3, 0.4) is 0 Å². The third kappa shape index (κ3) is 2.23. The monoisotopic (exact) mass is 206 g/mol. The maximum absolute atomic E-state index is 10.7. The number of hydrogen-bond donors (Lipinski definition) is 2. The smallest absolute Gasteiger partial charge is 0.269 e. The minimum atomic E-state index is -0.550. The molecule has 1 aromatic rings. The Hall–Kier alpha value is -1.65. The molecule has 1 saturated carbocycles. The third-order valence-corrected chi connectivity index (χ3v) is 2.64. The predicted octanol–water partition coefficient (Wildman–Crippen LogP) is 0.786. The molecule has 0 bridgehead atoms. The van der Waals surface area contributed by atoms with Crippen molar-refractivity contribution in [3.63, 3.8) is 0 Å². The van der Waals surface area contributed by atoms with E-state index >= 15 is 0 Å². The molecular formula is C10H14N4O. The number of primary amides is 1. The van der Waals surface area contributed by atoms with E-state index in [9.17, 15) is 4.79 Å². The van der Waals surface area contributed by atoms with E-state index in [4.69, 9.17) is 5.73 Å². The highest BCUT2D eigenvalue weighted by Gasteiger charge is 2.25. The number of anilines is 1. The molecule has 5 nitrogen and oxygen atoms in total. The van der Waals surface area contributed by atoms with Crippen LogP contribution in [0.5, 0.6) is 0 Å². The van der Waals surface area contributed by atoms with Gasteiger partial charge in [-0.1, -0.05) is 6.92 Å². The Morgan fingerprint density at radius 1 is 1.47 bits per heavy atom. The number of carbonyl (C=O) groups excluding carboxylic acids is 1. The lowest BCUT2D eigenvalue weighted by Gasteiger charge is -2.33. The molecule has 1 amide bonds. The fourth-order valence-electron chi connectivity index (χ4n) is 1.77. The summed E-state index contributed by atoms with van der Waals surface area (Å²) in [7, 11) is 0. The van der Waals surface area contributed by atoms with Gasteiger partial charge < -0.3 is 11.1 Å². The van der Waals surface area contributed by atoms with Crippen molar-refractivity contribution in [3.8, 4) is 0 Å². The fraction of sp³-hybridized carbons (Fsp3) is 0.500. The summed E-state index contributed by atoms with van der Waals surface area (Å²) in [6, 6.07) is 3.81. The topological polar surface area (TPSA) is 80.9 Å². The van der Waals surface area contributed by atoms with Crippen LogP contribution in [0.1, 0.15) is 30.3 Å². The molecule has 0 aliphatic heterocycles. The van der Waals surface area contributed by atoms with Crippen LogP contribution in [0.4, 0.5) is 5.82 Å². The van der Waals surface area contributed by atoms with Gasteiger partial charge in [0, 0.05) is 6.04 Å². The molecule has 1 aliphatic carbocycles. The first-order valence-electron chi connectivity index (χ1n) is 5.05. The van der Waals surface area contributed by atoms with Gasteiger partial charge in [-0.25, -0.2) is 0 Å². The summed E-state index contributed by atoms with van der Waals surface area (Å²) in [5, 5.41) is 10.9. The summed E-state index contributed by atoms with van der Waals surface area (Å²) in [5.74, 6) is 0.948. The highest BCUT2D eigenvalue weighted by atomic mass is 16.1. The summed E-state index contributed by atoms with van der Waals surface area (Å²) >= 11 is 0. The molecular weight excluding hydrogens is 192 g/mol. The molecule has 1 heterocycles. The second kappa shape index (κ2) is 3.84. The molecule has 0 spiro atoms. The second-order valence-corrected chi connectivity index (χ2v) is 4.09. The molecule has 3 N–H and O–H groups in total. The average molecular weight is 206 g/mol. The summed E-state index contributed by atoms with van der Waals surface area (Å²) < 4.78 is 0. The third-order valence-electron chi connectivity index (χ3n) is 2.64. The molecule has 1 aromatic heterocycles. The van der Waals surface area contributed by atoms with Crippen molar-refractivity contribution in [2.24, 2.45) is 11.7 Å². The van der Waals surface area contributed by atoms with Crippen LogP contribution in [0, 0.1) is 5.92 Å². The van der Waals surface area contributed by atoms with E-state index in [1.165, 1.54) is 12.8 Å². The molecule has 1 fully saturated rings. The summed E-state index contributed by atoms with van der Waals surface area (Å²) in [6.07, 6.45) is 2.33. The lowest BCUT2D eigenvalue weighted by molar-refractivity contribution is 0.0994. The van der Waals surface area contributed by atoms with Crippen molar-refractivity contribution in [1.82, 2.24) is 10.2 Å². The standard InChI is InChI=1S/C10H14N4O/c1-6-4-7(5-6)12-9-3-2-8(10(11)15)13-14-9/h2-3,6-7H,4-5H2,1H3,(H2,11,15)(H,12,14). The van der Waals surface area contributed by atoms with Crippen LogP contribution in [-0.2, 0) is 0 Å². The zero-order chi connectivity index (χ0) is 10.8. The maximum Gasteiger partial charge on any atom is 0.269 e. The largest absolute Gasteiger partial charge is 0.366 e. The van der Waals surface area contributed by atoms with Crippen LogP contribution >= 0.6 is 0 Å². The lowest BCUT2D eigenvalue weighted by Crippen LogP contribution is -2.34. The zero-order valence-corrected chi connectivity index (χ0v) is 8.60. The maximum atomic E-state index is 10.7. The van der Waals surface area contributed by atoms with Gasteiger partial charge in [-0.3, -0.25) is 4.79 Å². The van der Waals surface area contributed by atoms with E-state index in [-0.39, 0.29) is 5.69 Å². The molecule has 0 aromatic carbocycles. The van der Waals surface area contributed by atoms with Gasteiger partial charge in [-0.15, -0.1) is 10.2 Å². The fourth-order valence-corrected chi connectivity index (χ4v) is 1.77. The zero-order valence-electron chi connectivity index (χ0n) is 8.60. The van der Waals surface area contributed by atoms with Crippen molar-refractivity contribution in [2.75, 3.05) is 5.32 Å². The molecule has 0 atom stereocenters. The summed E-state index contributed by atoms with van der Waals surface area (Å²) in [4.78, 5) is 10.7. The van der Waals surface area contributed by atoms with Gasteiger partial charge in [0.2, 0.25) is 0 Å². The van der Waals surface area contributed by atoms with Crippen LogP contribution in [0.2, 0.25) is 0 Å². The number of nitrogens with one attached hydrogen (secondary N) is 1. The van der Waals surface area contributed by atoms with Crippen LogP contribution in [0.25, 0.3) is 0 Å². The van der Waals surface area contributed by atoms with E-state index in [0.717, 1.165) is 5.92 Å². The summed E-state index contributed by atoms with van der Waals surface area (Å²) in [6.45, 7) is 2.22. The van der Waals surface area contributed by atoms with Gasteiger partial charge in [0.05, 0.1) is 0 Å². The van der Waals surface area contributed by atoms with E-state index in [0.29, 0.717) is 11.9 Å². The van der Waals surface area contributed by atoms with Gasteiger partial charge in [0.25, 0.3) is 5.91 Å². The average Bonchev–Trinajstić information content (AvgIpc) is 2.16. The van der Waals surface area contributed by atoms with E-state index < -0.39 is 5.91 Å². The van der Waals surface area contributed by atoms with Gasteiger partial charge in [-0.05, 0) is 30.9 Å². The molecule has 15 heavy (non-hydrogen) atoms. The lowest BCUT2D eigenvalue weighted by atomic mass is 9.82. The Morgan fingerprint density at radius 2 is 2.20 bits per heavy atom. The number of rotatable bonds is 3. The number of aromatic nitrogens is 2.